The summed E-state index contributed by atoms with van der Waals surface area (Å²) < 4.78 is 24.4. The van der Waals surface area contributed by atoms with Crippen molar-refractivity contribution in [1.82, 2.24) is 4.31 Å². The quantitative estimate of drug-likeness (QED) is 0.745. The Bertz CT molecular complexity index is 392. The lowest BCUT2D eigenvalue weighted by Gasteiger charge is -2.25. The third-order valence-corrected chi connectivity index (χ3v) is 4.26. The van der Waals surface area contributed by atoms with Crippen molar-refractivity contribution in [2.45, 2.75) is 31.7 Å². The van der Waals surface area contributed by atoms with Gasteiger partial charge in [0.2, 0.25) is 10.0 Å². The molecule has 1 N–H and O–H groups in total. The van der Waals surface area contributed by atoms with Crippen molar-refractivity contribution < 1.29 is 18.3 Å². The largest absolute Gasteiger partial charge is 0.480 e. The Morgan fingerprint density at radius 1 is 1.44 bits per heavy atom. The van der Waals surface area contributed by atoms with Gasteiger partial charge in [-0.3, -0.25) is 4.79 Å². The molecule has 0 saturated heterocycles. The maximum Gasteiger partial charge on any atom is 0.318 e. The molecule has 0 heterocycles. The van der Waals surface area contributed by atoms with E-state index in [1.807, 2.05) is 0 Å². The van der Waals surface area contributed by atoms with E-state index in [0.717, 1.165) is 17.1 Å². The molecule has 0 aromatic carbocycles. The second-order valence-corrected chi connectivity index (χ2v) is 5.71. The molecule has 0 unspecified atom stereocenters. The molecule has 0 radical (unpaired) electrons. The number of nitrogens with zero attached hydrogens (tertiary/aromatic N) is 2. The van der Waals surface area contributed by atoms with Gasteiger partial charge in [0, 0.05) is 6.04 Å². The Hall–Kier alpha value is -1.13. The van der Waals surface area contributed by atoms with Gasteiger partial charge in [0.25, 0.3) is 0 Å². The predicted octanol–water partition coefficient (Wildman–Crippen LogP) is 0.169. The van der Waals surface area contributed by atoms with E-state index in [1.54, 1.807) is 6.07 Å². The number of carboxylic acid groups (broad SMARTS) is 1. The first-order valence-electron chi connectivity index (χ1n) is 5.05. The van der Waals surface area contributed by atoms with Gasteiger partial charge in [-0.1, -0.05) is 12.8 Å². The minimum absolute atomic E-state index is 0.255. The second kappa shape index (κ2) is 5.27. The van der Waals surface area contributed by atoms with Crippen LogP contribution in [0.2, 0.25) is 0 Å². The van der Waals surface area contributed by atoms with Crippen LogP contribution in [0, 0.1) is 11.3 Å². The number of hydrogen-bond acceptors (Lipinski definition) is 4. The molecule has 0 atom stereocenters. The fraction of sp³-hybridized carbons (Fsp3) is 0.778. The third kappa shape index (κ3) is 3.18. The van der Waals surface area contributed by atoms with E-state index in [-0.39, 0.29) is 6.04 Å². The number of rotatable bonds is 5. The topological polar surface area (TPSA) is 98.5 Å². The number of carbonyl (C=O) groups is 1. The van der Waals surface area contributed by atoms with E-state index in [9.17, 15) is 13.2 Å². The summed E-state index contributed by atoms with van der Waals surface area (Å²) >= 11 is 0. The van der Waals surface area contributed by atoms with E-state index < -0.39 is 28.3 Å². The average molecular weight is 246 g/mol. The summed E-state index contributed by atoms with van der Waals surface area (Å²) in [6.07, 6.45) is 3.17. The molecule has 7 heteroatoms. The summed E-state index contributed by atoms with van der Waals surface area (Å²) in [6, 6.07) is 1.31. The minimum atomic E-state index is -3.76. The highest BCUT2D eigenvalue weighted by molar-refractivity contribution is 7.89. The van der Waals surface area contributed by atoms with Crippen molar-refractivity contribution in [3.63, 3.8) is 0 Å². The summed E-state index contributed by atoms with van der Waals surface area (Å²) in [4.78, 5) is 10.6. The fourth-order valence-electron chi connectivity index (χ4n) is 1.94. The van der Waals surface area contributed by atoms with Crippen molar-refractivity contribution in [1.29, 1.82) is 5.26 Å². The zero-order chi connectivity index (χ0) is 12.2. The molecule has 1 fully saturated rings. The van der Waals surface area contributed by atoms with E-state index >= 15 is 0 Å². The van der Waals surface area contributed by atoms with E-state index in [1.165, 1.54) is 0 Å². The highest BCUT2D eigenvalue weighted by Gasteiger charge is 2.33. The Morgan fingerprint density at radius 2 is 2.00 bits per heavy atom. The Morgan fingerprint density at radius 3 is 2.44 bits per heavy atom. The maximum atomic E-state index is 11.7. The van der Waals surface area contributed by atoms with Gasteiger partial charge in [0.1, 0.15) is 6.54 Å². The molecule has 1 saturated carbocycles. The van der Waals surface area contributed by atoms with Crippen LogP contribution in [0.5, 0.6) is 0 Å². The summed E-state index contributed by atoms with van der Waals surface area (Å²) in [5, 5.41) is 17.1. The predicted molar refractivity (Wildman–Crippen MR) is 56.0 cm³/mol. The van der Waals surface area contributed by atoms with Gasteiger partial charge in [-0.25, -0.2) is 8.42 Å². The van der Waals surface area contributed by atoms with Gasteiger partial charge in [-0.2, -0.15) is 9.57 Å². The second-order valence-electron chi connectivity index (χ2n) is 3.79. The number of aliphatic carboxylic acids is 1. The van der Waals surface area contributed by atoms with Crippen LogP contribution in [0.1, 0.15) is 25.7 Å². The Kier molecular flexibility index (Phi) is 4.26. The molecule has 1 aliphatic carbocycles. The highest BCUT2D eigenvalue weighted by atomic mass is 32.2. The van der Waals surface area contributed by atoms with Crippen LogP contribution >= 0.6 is 0 Å². The van der Waals surface area contributed by atoms with Crippen LogP contribution in [0.3, 0.4) is 0 Å². The zero-order valence-corrected chi connectivity index (χ0v) is 9.61. The fourth-order valence-corrected chi connectivity index (χ4v) is 3.25. The number of nitriles is 1. The van der Waals surface area contributed by atoms with Gasteiger partial charge in [-0.05, 0) is 12.8 Å². The molecule has 1 rings (SSSR count). The van der Waals surface area contributed by atoms with Gasteiger partial charge < -0.3 is 5.11 Å². The molecule has 0 spiro atoms. The summed E-state index contributed by atoms with van der Waals surface area (Å²) in [5.41, 5.74) is 0. The lowest BCUT2D eigenvalue weighted by atomic mass is 10.2. The third-order valence-electron chi connectivity index (χ3n) is 2.63. The standard InChI is InChI=1S/C9H14N2O4S/c10-5-6-16(14,15)11(7-9(12)13)8-3-1-2-4-8/h8H,1-4,6-7H2,(H,12,13). The van der Waals surface area contributed by atoms with Crippen molar-refractivity contribution in [3.8, 4) is 6.07 Å². The maximum absolute atomic E-state index is 11.7. The first kappa shape index (κ1) is 12.9. The van der Waals surface area contributed by atoms with Gasteiger partial charge in [0.15, 0.2) is 5.75 Å². The van der Waals surface area contributed by atoms with E-state index in [0.29, 0.717) is 12.8 Å². The van der Waals surface area contributed by atoms with E-state index in [2.05, 4.69) is 0 Å². The SMILES string of the molecule is N#CCS(=O)(=O)N(CC(=O)O)C1CCCC1. The van der Waals surface area contributed by atoms with Crippen molar-refractivity contribution in [2.75, 3.05) is 12.3 Å². The molecular weight excluding hydrogens is 232 g/mol. The molecule has 1 aliphatic rings. The Labute approximate surface area is 94.5 Å². The summed E-state index contributed by atoms with van der Waals surface area (Å²) in [6.45, 7) is -0.547. The molecular formula is C9H14N2O4S. The smallest absolute Gasteiger partial charge is 0.318 e. The molecule has 0 aromatic rings. The molecule has 0 amide bonds. The van der Waals surface area contributed by atoms with Crippen LogP contribution in [-0.4, -0.2) is 42.1 Å². The van der Waals surface area contributed by atoms with Crippen LogP contribution in [0.25, 0.3) is 0 Å². The van der Waals surface area contributed by atoms with E-state index in [4.69, 9.17) is 10.4 Å². The number of sulfonamides is 1. The monoisotopic (exact) mass is 246 g/mol. The molecule has 6 nitrogen and oxygen atoms in total. The average Bonchev–Trinajstić information content (AvgIpc) is 2.66. The van der Waals surface area contributed by atoms with Crippen molar-refractivity contribution in [2.24, 2.45) is 0 Å². The van der Waals surface area contributed by atoms with Crippen LogP contribution in [-0.2, 0) is 14.8 Å². The zero-order valence-electron chi connectivity index (χ0n) is 8.79. The van der Waals surface area contributed by atoms with Gasteiger partial charge in [0.05, 0.1) is 6.07 Å². The van der Waals surface area contributed by atoms with Crippen molar-refractivity contribution >= 4 is 16.0 Å². The first-order valence-corrected chi connectivity index (χ1v) is 6.66. The molecule has 0 aromatic heterocycles. The summed E-state index contributed by atoms with van der Waals surface area (Å²) in [7, 11) is -3.76. The molecule has 90 valence electrons. The molecule has 0 bridgehead atoms. The van der Waals surface area contributed by atoms with Crippen molar-refractivity contribution in [3.05, 3.63) is 0 Å². The van der Waals surface area contributed by atoms with Crippen LogP contribution in [0.4, 0.5) is 0 Å². The normalized spacial score (nSPS) is 17.5. The lowest BCUT2D eigenvalue weighted by Crippen LogP contribution is -2.43. The molecule has 0 aliphatic heterocycles. The Balaban J connectivity index is 2.86. The number of hydrogen-bond donors (Lipinski definition) is 1. The minimum Gasteiger partial charge on any atom is -0.480 e. The number of carboxylic acids is 1. The first-order chi connectivity index (χ1) is 7.47. The van der Waals surface area contributed by atoms with Crippen LogP contribution in [0.15, 0.2) is 0 Å². The molecule has 16 heavy (non-hydrogen) atoms. The lowest BCUT2D eigenvalue weighted by molar-refractivity contribution is -0.137. The summed E-state index contributed by atoms with van der Waals surface area (Å²) in [5.74, 6) is -1.84. The van der Waals surface area contributed by atoms with Gasteiger partial charge >= 0.3 is 5.97 Å². The van der Waals surface area contributed by atoms with Crippen LogP contribution < -0.4 is 0 Å². The highest BCUT2D eigenvalue weighted by Crippen LogP contribution is 2.25. The van der Waals surface area contributed by atoms with Gasteiger partial charge in [-0.15, -0.1) is 0 Å².